The average molecular weight is 333 g/mol. The van der Waals surface area contributed by atoms with E-state index in [-0.39, 0.29) is 12.1 Å². The first-order chi connectivity index (χ1) is 11.7. The van der Waals surface area contributed by atoms with Gasteiger partial charge in [-0.25, -0.2) is 4.79 Å². The largest absolute Gasteiger partial charge is 0.485 e. The number of urea groups is 1. The van der Waals surface area contributed by atoms with Gasteiger partial charge in [0.2, 0.25) is 0 Å². The van der Waals surface area contributed by atoms with Crippen LogP contribution in [-0.2, 0) is 4.74 Å². The summed E-state index contributed by atoms with van der Waals surface area (Å²) >= 11 is 0. The van der Waals surface area contributed by atoms with Gasteiger partial charge in [0.05, 0.1) is 25.4 Å². The van der Waals surface area contributed by atoms with E-state index in [2.05, 4.69) is 23.2 Å². The molecule has 0 unspecified atom stereocenters. The number of hydrogen-bond donors (Lipinski definition) is 1. The van der Waals surface area contributed by atoms with E-state index in [0.717, 1.165) is 44.2 Å². The molecular weight excluding hydrogens is 306 g/mol. The lowest BCUT2D eigenvalue weighted by atomic mass is 10.1. The smallest absolute Gasteiger partial charge is 0.317 e. The highest BCUT2D eigenvalue weighted by Gasteiger charge is 2.27. The van der Waals surface area contributed by atoms with Gasteiger partial charge in [-0.2, -0.15) is 0 Å². The minimum Gasteiger partial charge on any atom is -0.485 e. The van der Waals surface area contributed by atoms with Crippen LogP contribution in [0.3, 0.4) is 0 Å². The van der Waals surface area contributed by atoms with Gasteiger partial charge in [-0.05, 0) is 25.5 Å². The van der Waals surface area contributed by atoms with Crippen LogP contribution in [0.25, 0.3) is 0 Å². The Morgan fingerprint density at radius 1 is 1.42 bits per heavy atom. The lowest BCUT2D eigenvalue weighted by Gasteiger charge is -2.37. The molecule has 24 heavy (non-hydrogen) atoms. The van der Waals surface area contributed by atoms with Crippen molar-refractivity contribution in [3.63, 3.8) is 0 Å². The van der Waals surface area contributed by atoms with Crippen LogP contribution in [0.15, 0.2) is 24.3 Å². The maximum Gasteiger partial charge on any atom is 0.317 e. The lowest BCUT2D eigenvalue weighted by Crippen LogP contribution is -2.49. The minimum absolute atomic E-state index is 0.0228. The fraction of sp³-hybridized carbons (Fsp3) is 0.611. The van der Waals surface area contributed by atoms with Gasteiger partial charge < -0.3 is 24.6 Å². The first kappa shape index (κ1) is 16.9. The number of hydrogen-bond acceptors (Lipinski definition) is 4. The summed E-state index contributed by atoms with van der Waals surface area (Å²) in [4.78, 5) is 16.3. The Morgan fingerprint density at radius 3 is 3.00 bits per heavy atom. The highest BCUT2D eigenvalue weighted by atomic mass is 16.5. The van der Waals surface area contributed by atoms with Crippen LogP contribution in [0.2, 0.25) is 0 Å². The molecule has 0 bridgehead atoms. The zero-order valence-corrected chi connectivity index (χ0v) is 14.5. The van der Waals surface area contributed by atoms with Gasteiger partial charge in [0.25, 0.3) is 0 Å². The quantitative estimate of drug-likeness (QED) is 0.895. The highest BCUT2D eigenvalue weighted by molar-refractivity contribution is 5.74. The molecule has 2 heterocycles. The standard InChI is InChI=1S/C18H27N3O3/c1-3-21-12-15(24-17-7-5-4-6-16(17)21)11-20(2)18(22)19-10-14-8-9-23-13-14/h4-7,14-15H,3,8-13H2,1-2H3,(H,19,22)/t14-,15+/m0/s1. The Labute approximate surface area is 143 Å². The predicted octanol–water partition coefficient (Wildman–Crippen LogP) is 1.95. The Morgan fingerprint density at radius 2 is 2.25 bits per heavy atom. The fourth-order valence-electron chi connectivity index (χ4n) is 3.27. The molecule has 1 fully saturated rings. The topological polar surface area (TPSA) is 54.0 Å². The molecule has 6 heteroatoms. The normalized spacial score (nSPS) is 22.7. The Kier molecular flexibility index (Phi) is 5.45. The maximum atomic E-state index is 12.3. The fourth-order valence-corrected chi connectivity index (χ4v) is 3.27. The summed E-state index contributed by atoms with van der Waals surface area (Å²) in [5, 5.41) is 3.00. The van der Waals surface area contributed by atoms with Crippen molar-refractivity contribution in [2.24, 2.45) is 5.92 Å². The molecule has 0 aromatic heterocycles. The number of benzene rings is 1. The monoisotopic (exact) mass is 333 g/mol. The first-order valence-corrected chi connectivity index (χ1v) is 8.74. The number of para-hydroxylation sites is 2. The number of amides is 2. The highest BCUT2D eigenvalue weighted by Crippen LogP contribution is 2.32. The number of fused-ring (bicyclic) bond motifs is 1. The molecule has 0 aliphatic carbocycles. The molecule has 3 rings (SSSR count). The van der Waals surface area contributed by atoms with Crippen LogP contribution >= 0.6 is 0 Å². The van der Waals surface area contributed by atoms with Crippen molar-refractivity contribution >= 4 is 11.7 Å². The second-order valence-corrected chi connectivity index (χ2v) is 6.54. The third-order valence-electron chi connectivity index (χ3n) is 4.70. The summed E-state index contributed by atoms with van der Waals surface area (Å²) in [7, 11) is 1.82. The van der Waals surface area contributed by atoms with Crippen LogP contribution < -0.4 is 15.0 Å². The predicted molar refractivity (Wildman–Crippen MR) is 93.7 cm³/mol. The second-order valence-electron chi connectivity index (χ2n) is 6.54. The molecule has 0 saturated carbocycles. The minimum atomic E-state index is -0.0487. The van der Waals surface area contributed by atoms with Gasteiger partial charge in [0.15, 0.2) is 0 Å². The van der Waals surface area contributed by atoms with Crippen LogP contribution in [0, 0.1) is 5.92 Å². The average Bonchev–Trinajstić information content (AvgIpc) is 3.12. The van der Waals surface area contributed by atoms with E-state index in [1.165, 1.54) is 0 Å². The SMILES string of the molecule is CCN1C[C@@H](CN(C)C(=O)NC[C@@H]2CCOC2)Oc2ccccc21. The van der Waals surface area contributed by atoms with E-state index in [0.29, 0.717) is 19.0 Å². The van der Waals surface area contributed by atoms with Crippen molar-refractivity contribution in [3.05, 3.63) is 24.3 Å². The molecule has 0 radical (unpaired) electrons. The summed E-state index contributed by atoms with van der Waals surface area (Å²) in [6.45, 7) is 6.66. The molecule has 6 nitrogen and oxygen atoms in total. The lowest BCUT2D eigenvalue weighted by molar-refractivity contribution is 0.144. The number of anilines is 1. The van der Waals surface area contributed by atoms with Crippen molar-refractivity contribution in [1.82, 2.24) is 10.2 Å². The molecule has 2 atom stereocenters. The van der Waals surface area contributed by atoms with E-state index in [1.54, 1.807) is 4.90 Å². The number of ether oxygens (including phenoxy) is 2. The Bertz CT molecular complexity index is 560. The maximum absolute atomic E-state index is 12.3. The molecule has 132 valence electrons. The van der Waals surface area contributed by atoms with Gasteiger partial charge >= 0.3 is 6.03 Å². The van der Waals surface area contributed by atoms with E-state index >= 15 is 0 Å². The summed E-state index contributed by atoms with van der Waals surface area (Å²) in [6, 6.07) is 8.03. The molecule has 2 aliphatic rings. The first-order valence-electron chi connectivity index (χ1n) is 8.74. The van der Waals surface area contributed by atoms with Gasteiger partial charge in [0.1, 0.15) is 11.9 Å². The molecule has 1 saturated heterocycles. The molecule has 1 aromatic rings. The summed E-state index contributed by atoms with van der Waals surface area (Å²) in [5.41, 5.74) is 1.13. The third kappa shape index (κ3) is 3.93. The van der Waals surface area contributed by atoms with Gasteiger partial charge in [0, 0.05) is 32.7 Å². The summed E-state index contributed by atoms with van der Waals surface area (Å²) in [5.74, 6) is 1.34. The Balaban J connectivity index is 1.52. The molecule has 0 spiro atoms. The molecule has 1 N–H and O–H groups in total. The summed E-state index contributed by atoms with van der Waals surface area (Å²) in [6.07, 6.45) is 1.00. The molecular formula is C18H27N3O3. The van der Waals surface area contributed by atoms with E-state index in [1.807, 2.05) is 25.2 Å². The van der Waals surface area contributed by atoms with Crippen molar-refractivity contribution in [2.75, 3.05) is 51.3 Å². The molecule has 2 amide bonds. The van der Waals surface area contributed by atoms with Gasteiger partial charge in [-0.3, -0.25) is 0 Å². The number of nitrogens with one attached hydrogen (secondary N) is 1. The van der Waals surface area contributed by atoms with Crippen LogP contribution in [-0.4, -0.2) is 63.5 Å². The van der Waals surface area contributed by atoms with Crippen molar-refractivity contribution < 1.29 is 14.3 Å². The molecule has 2 aliphatic heterocycles. The number of likely N-dealkylation sites (N-methyl/N-ethyl adjacent to an activating group) is 2. The van der Waals surface area contributed by atoms with E-state index in [4.69, 9.17) is 9.47 Å². The zero-order chi connectivity index (χ0) is 16.9. The second kappa shape index (κ2) is 7.75. The number of nitrogens with zero attached hydrogens (tertiary/aromatic N) is 2. The van der Waals surface area contributed by atoms with Crippen molar-refractivity contribution in [3.8, 4) is 5.75 Å². The van der Waals surface area contributed by atoms with Crippen molar-refractivity contribution in [2.45, 2.75) is 19.4 Å². The van der Waals surface area contributed by atoms with Crippen LogP contribution in [0.1, 0.15) is 13.3 Å². The molecule has 1 aromatic carbocycles. The number of rotatable bonds is 5. The zero-order valence-electron chi connectivity index (χ0n) is 14.5. The van der Waals surface area contributed by atoms with Gasteiger partial charge in [-0.15, -0.1) is 0 Å². The summed E-state index contributed by atoms with van der Waals surface area (Å²) < 4.78 is 11.4. The van der Waals surface area contributed by atoms with E-state index in [9.17, 15) is 4.79 Å². The Hall–Kier alpha value is -1.95. The number of carbonyl (C=O) groups excluding carboxylic acids is 1. The van der Waals surface area contributed by atoms with Crippen LogP contribution in [0.5, 0.6) is 5.75 Å². The van der Waals surface area contributed by atoms with Crippen LogP contribution in [0.4, 0.5) is 10.5 Å². The number of carbonyl (C=O) groups is 1. The van der Waals surface area contributed by atoms with E-state index < -0.39 is 0 Å². The van der Waals surface area contributed by atoms with Gasteiger partial charge in [-0.1, -0.05) is 12.1 Å². The third-order valence-corrected chi connectivity index (χ3v) is 4.70. The van der Waals surface area contributed by atoms with Crippen molar-refractivity contribution in [1.29, 1.82) is 0 Å².